The van der Waals surface area contributed by atoms with Gasteiger partial charge in [-0.3, -0.25) is 0 Å². The van der Waals surface area contributed by atoms with E-state index in [1.807, 2.05) is 24.1 Å². The zero-order valence-corrected chi connectivity index (χ0v) is 10.6. The van der Waals surface area contributed by atoms with Crippen LogP contribution in [-0.4, -0.2) is 32.5 Å². The molecule has 86 valence electrons. The lowest BCUT2D eigenvalue weighted by Gasteiger charge is -2.01. The van der Waals surface area contributed by atoms with Crippen LogP contribution in [0, 0.1) is 0 Å². The number of nitrogens with zero attached hydrogens (tertiary/aromatic N) is 3. The molecule has 16 heavy (non-hydrogen) atoms. The van der Waals surface area contributed by atoms with Gasteiger partial charge >= 0.3 is 0 Å². The molecule has 0 amide bonds. The van der Waals surface area contributed by atoms with Crippen LogP contribution < -0.4 is 0 Å². The zero-order valence-electron chi connectivity index (χ0n) is 9.07. The summed E-state index contributed by atoms with van der Waals surface area (Å²) in [6, 6.07) is 0. The van der Waals surface area contributed by atoms with Gasteiger partial charge in [-0.25, -0.2) is 9.97 Å². The maximum absolute atomic E-state index is 8.98. The molecule has 0 atom stereocenters. The van der Waals surface area contributed by atoms with Crippen LogP contribution in [0.2, 0.25) is 5.15 Å². The van der Waals surface area contributed by atoms with Crippen LogP contribution >= 0.6 is 23.4 Å². The fraction of sp³-hybridized carbons (Fsp3) is 0.400. The number of thioether (sulfide) groups is 1. The van der Waals surface area contributed by atoms with Crippen molar-refractivity contribution in [1.82, 2.24) is 14.5 Å². The van der Waals surface area contributed by atoms with E-state index >= 15 is 0 Å². The van der Waals surface area contributed by atoms with Crippen molar-refractivity contribution in [2.75, 3.05) is 12.9 Å². The molecule has 0 saturated heterocycles. The molecule has 2 heterocycles. The molecule has 2 aromatic rings. The molecule has 4 nitrogen and oxygen atoms in total. The Hall–Kier alpha value is -0.780. The summed E-state index contributed by atoms with van der Waals surface area (Å²) in [4.78, 5) is 8.60. The fourth-order valence-corrected chi connectivity index (χ4v) is 2.39. The van der Waals surface area contributed by atoms with E-state index in [-0.39, 0.29) is 6.61 Å². The van der Waals surface area contributed by atoms with Crippen LogP contribution in [0.25, 0.3) is 11.0 Å². The molecule has 0 aromatic carbocycles. The van der Waals surface area contributed by atoms with Crippen molar-refractivity contribution in [1.29, 1.82) is 0 Å². The van der Waals surface area contributed by atoms with E-state index < -0.39 is 0 Å². The second kappa shape index (κ2) is 4.61. The lowest BCUT2D eigenvalue weighted by molar-refractivity contribution is 0.300. The molecule has 0 aliphatic rings. The largest absolute Gasteiger partial charge is 0.396 e. The van der Waals surface area contributed by atoms with Gasteiger partial charge in [0.1, 0.15) is 10.8 Å². The Balaban J connectivity index is 2.70. The van der Waals surface area contributed by atoms with Gasteiger partial charge in [0.05, 0.1) is 5.39 Å². The number of aromatic nitrogens is 3. The number of hydrogen-bond donors (Lipinski definition) is 1. The number of rotatable bonds is 3. The van der Waals surface area contributed by atoms with Crippen molar-refractivity contribution in [3.05, 3.63) is 16.9 Å². The van der Waals surface area contributed by atoms with Crippen LogP contribution in [0.3, 0.4) is 0 Å². The van der Waals surface area contributed by atoms with E-state index in [2.05, 4.69) is 9.97 Å². The van der Waals surface area contributed by atoms with E-state index in [0.717, 1.165) is 16.6 Å². The Labute approximate surface area is 103 Å². The van der Waals surface area contributed by atoms with Gasteiger partial charge in [0, 0.05) is 19.9 Å². The van der Waals surface area contributed by atoms with Crippen LogP contribution in [0.5, 0.6) is 0 Å². The number of halogens is 1. The molecule has 0 aliphatic heterocycles. The number of aryl methyl sites for hydroxylation is 1. The van der Waals surface area contributed by atoms with Gasteiger partial charge in [0.15, 0.2) is 5.16 Å². The maximum atomic E-state index is 8.98. The van der Waals surface area contributed by atoms with E-state index in [0.29, 0.717) is 16.7 Å². The molecule has 0 radical (unpaired) electrons. The van der Waals surface area contributed by atoms with E-state index in [1.54, 1.807) is 0 Å². The van der Waals surface area contributed by atoms with Crippen molar-refractivity contribution in [2.24, 2.45) is 7.05 Å². The normalized spacial score (nSPS) is 11.2. The molecule has 2 aromatic heterocycles. The smallest absolute Gasteiger partial charge is 0.190 e. The fourth-order valence-electron chi connectivity index (χ4n) is 1.70. The predicted molar refractivity (Wildman–Crippen MR) is 66.1 cm³/mol. The Bertz CT molecular complexity index is 526. The zero-order chi connectivity index (χ0) is 11.7. The molecule has 6 heteroatoms. The van der Waals surface area contributed by atoms with Gasteiger partial charge < -0.3 is 9.67 Å². The minimum absolute atomic E-state index is 0.0969. The number of fused-ring (bicyclic) bond motifs is 1. The quantitative estimate of drug-likeness (QED) is 0.518. The summed E-state index contributed by atoms with van der Waals surface area (Å²) >= 11 is 7.60. The molecule has 0 fully saturated rings. The van der Waals surface area contributed by atoms with Crippen LogP contribution in [-0.2, 0) is 13.5 Å². The highest BCUT2D eigenvalue weighted by molar-refractivity contribution is 7.98. The number of aliphatic hydroxyl groups excluding tert-OH is 1. The van der Waals surface area contributed by atoms with Crippen molar-refractivity contribution in [3.8, 4) is 0 Å². The van der Waals surface area contributed by atoms with Gasteiger partial charge in [-0.1, -0.05) is 23.4 Å². The van der Waals surface area contributed by atoms with Gasteiger partial charge in [0.25, 0.3) is 0 Å². The van der Waals surface area contributed by atoms with Crippen molar-refractivity contribution < 1.29 is 5.11 Å². The van der Waals surface area contributed by atoms with E-state index in [1.165, 1.54) is 11.8 Å². The summed E-state index contributed by atoms with van der Waals surface area (Å²) in [6.45, 7) is 0.0969. The Morgan fingerprint density at radius 3 is 2.88 bits per heavy atom. The minimum Gasteiger partial charge on any atom is -0.396 e. The minimum atomic E-state index is 0.0969. The molecular weight excluding hydrogens is 246 g/mol. The van der Waals surface area contributed by atoms with Crippen LogP contribution in [0.4, 0.5) is 0 Å². The summed E-state index contributed by atoms with van der Waals surface area (Å²) in [5, 5.41) is 10.9. The molecule has 0 saturated carbocycles. The van der Waals surface area contributed by atoms with Gasteiger partial charge in [-0.2, -0.15) is 0 Å². The van der Waals surface area contributed by atoms with Gasteiger partial charge in [-0.05, 0) is 18.2 Å². The Morgan fingerprint density at radius 2 is 2.25 bits per heavy atom. The van der Waals surface area contributed by atoms with Gasteiger partial charge in [0.2, 0.25) is 0 Å². The lowest BCUT2D eigenvalue weighted by atomic mass is 10.2. The standard InChI is InChI=1S/C10H12ClN3OS/c1-14-5-6(3-4-15)7-8(11)12-10(16-2)13-9(7)14/h5,15H,3-4H2,1-2H3. The summed E-state index contributed by atoms with van der Waals surface area (Å²) in [5.74, 6) is 0. The SMILES string of the molecule is CSc1nc(Cl)c2c(CCO)cn(C)c2n1. The summed E-state index contributed by atoms with van der Waals surface area (Å²) in [6.07, 6.45) is 4.42. The van der Waals surface area contributed by atoms with Gasteiger partial charge in [-0.15, -0.1) is 0 Å². The predicted octanol–water partition coefficient (Wildman–Crippen LogP) is 1.88. The molecule has 0 spiro atoms. The number of aliphatic hydroxyl groups is 1. The molecule has 0 bridgehead atoms. The third-order valence-corrected chi connectivity index (χ3v) is 3.21. The highest BCUT2D eigenvalue weighted by Crippen LogP contribution is 2.27. The highest BCUT2D eigenvalue weighted by atomic mass is 35.5. The number of hydrogen-bond acceptors (Lipinski definition) is 4. The maximum Gasteiger partial charge on any atom is 0.190 e. The topological polar surface area (TPSA) is 50.9 Å². The van der Waals surface area contributed by atoms with E-state index in [9.17, 15) is 0 Å². The van der Waals surface area contributed by atoms with E-state index in [4.69, 9.17) is 16.7 Å². The molecule has 0 aliphatic carbocycles. The first-order valence-electron chi connectivity index (χ1n) is 4.83. The first-order valence-corrected chi connectivity index (χ1v) is 6.44. The highest BCUT2D eigenvalue weighted by Gasteiger charge is 2.13. The average Bonchev–Trinajstić information content (AvgIpc) is 2.57. The third-order valence-electron chi connectivity index (χ3n) is 2.39. The monoisotopic (exact) mass is 257 g/mol. The molecular formula is C10H12ClN3OS. The summed E-state index contributed by atoms with van der Waals surface area (Å²) < 4.78 is 1.91. The summed E-state index contributed by atoms with van der Waals surface area (Å²) in [7, 11) is 1.91. The second-order valence-electron chi connectivity index (χ2n) is 3.44. The first kappa shape index (κ1) is 11.7. The lowest BCUT2D eigenvalue weighted by Crippen LogP contribution is -1.93. The third kappa shape index (κ3) is 1.90. The molecule has 1 N–H and O–H groups in total. The molecule has 0 unspecified atom stereocenters. The van der Waals surface area contributed by atoms with Crippen molar-refractivity contribution >= 4 is 34.4 Å². The van der Waals surface area contributed by atoms with Crippen LogP contribution in [0.15, 0.2) is 11.4 Å². The summed E-state index contributed by atoms with van der Waals surface area (Å²) in [5.41, 5.74) is 1.80. The Morgan fingerprint density at radius 1 is 1.50 bits per heavy atom. The van der Waals surface area contributed by atoms with Crippen molar-refractivity contribution in [2.45, 2.75) is 11.6 Å². The average molecular weight is 258 g/mol. The van der Waals surface area contributed by atoms with Crippen molar-refractivity contribution in [3.63, 3.8) is 0 Å². The Kier molecular flexibility index (Phi) is 3.37. The molecule has 2 rings (SSSR count). The van der Waals surface area contributed by atoms with Crippen LogP contribution in [0.1, 0.15) is 5.56 Å². The first-order chi connectivity index (χ1) is 7.67. The second-order valence-corrected chi connectivity index (χ2v) is 4.57.